The second-order valence-corrected chi connectivity index (χ2v) is 2.77. The smallest absolute Gasteiger partial charge is 0.280 e. The summed E-state index contributed by atoms with van der Waals surface area (Å²) in [5.41, 5.74) is 0.864. The minimum absolute atomic E-state index is 0.0414. The number of rotatable bonds is 1. The van der Waals surface area contributed by atoms with E-state index in [1.165, 1.54) is 12.3 Å². The van der Waals surface area contributed by atoms with E-state index in [0.29, 0.717) is 16.5 Å². The van der Waals surface area contributed by atoms with Gasteiger partial charge in [0.25, 0.3) is 5.69 Å². The first-order valence-corrected chi connectivity index (χ1v) is 3.88. The molecule has 2 aromatic rings. The molecule has 68 valence electrons. The van der Waals surface area contributed by atoms with Crippen LogP contribution >= 0.6 is 0 Å². The molecule has 0 aliphatic heterocycles. The van der Waals surface area contributed by atoms with Crippen molar-refractivity contribution in [3.63, 3.8) is 0 Å². The third-order valence-corrected chi connectivity index (χ3v) is 2.00. The van der Waals surface area contributed by atoms with E-state index < -0.39 is 4.92 Å². The highest BCUT2D eigenvalue weighted by Crippen LogP contribution is 2.27. The van der Waals surface area contributed by atoms with Crippen LogP contribution in [-0.2, 0) is 0 Å². The SMILES string of the molecule is N#Cc1c[nH]c2cccc([N+](=O)[O-])c12. The van der Waals surface area contributed by atoms with Gasteiger partial charge >= 0.3 is 0 Å². The first-order chi connectivity index (χ1) is 6.74. The van der Waals surface area contributed by atoms with Gasteiger partial charge in [-0.3, -0.25) is 10.1 Å². The number of aromatic amines is 1. The normalized spacial score (nSPS) is 9.93. The van der Waals surface area contributed by atoms with Gasteiger partial charge in [-0.2, -0.15) is 5.26 Å². The molecule has 0 saturated carbocycles. The lowest BCUT2D eigenvalue weighted by Gasteiger charge is -1.93. The van der Waals surface area contributed by atoms with E-state index in [2.05, 4.69) is 4.98 Å². The van der Waals surface area contributed by atoms with Gasteiger partial charge in [0.2, 0.25) is 0 Å². The van der Waals surface area contributed by atoms with Gasteiger partial charge in [0.05, 0.1) is 21.4 Å². The summed E-state index contributed by atoms with van der Waals surface area (Å²) in [5.74, 6) is 0. The van der Waals surface area contributed by atoms with Crippen molar-refractivity contribution in [1.82, 2.24) is 4.98 Å². The number of nitrogens with one attached hydrogen (secondary N) is 1. The Morgan fingerprint density at radius 2 is 2.29 bits per heavy atom. The van der Waals surface area contributed by atoms with Crippen LogP contribution in [0.15, 0.2) is 24.4 Å². The maximum absolute atomic E-state index is 10.7. The zero-order valence-corrected chi connectivity index (χ0v) is 7.02. The van der Waals surface area contributed by atoms with Crippen LogP contribution in [0.5, 0.6) is 0 Å². The van der Waals surface area contributed by atoms with E-state index in [0.717, 1.165) is 0 Å². The largest absolute Gasteiger partial charge is 0.360 e. The van der Waals surface area contributed by atoms with Gasteiger partial charge in [0, 0.05) is 12.3 Å². The standard InChI is InChI=1S/C9H5N3O2/c10-4-6-5-11-7-2-1-3-8(9(6)7)12(13)14/h1-3,5,11H. The average molecular weight is 187 g/mol. The summed E-state index contributed by atoms with van der Waals surface area (Å²) in [4.78, 5) is 13.0. The summed E-state index contributed by atoms with van der Waals surface area (Å²) < 4.78 is 0. The molecule has 1 aromatic carbocycles. The Balaban J connectivity index is 2.90. The van der Waals surface area contributed by atoms with Crippen molar-refractivity contribution in [2.75, 3.05) is 0 Å². The molecule has 1 aromatic heterocycles. The number of nitro groups is 1. The number of nitro benzene ring substituents is 1. The van der Waals surface area contributed by atoms with Crippen LogP contribution in [-0.4, -0.2) is 9.91 Å². The van der Waals surface area contributed by atoms with Crippen LogP contribution in [0.2, 0.25) is 0 Å². The monoisotopic (exact) mass is 187 g/mol. The van der Waals surface area contributed by atoms with Crippen LogP contribution < -0.4 is 0 Å². The van der Waals surface area contributed by atoms with E-state index in [-0.39, 0.29) is 5.69 Å². The number of nitriles is 1. The molecule has 0 saturated heterocycles. The third-order valence-electron chi connectivity index (χ3n) is 2.00. The van der Waals surface area contributed by atoms with E-state index in [1.54, 1.807) is 12.1 Å². The van der Waals surface area contributed by atoms with Gasteiger partial charge in [0.1, 0.15) is 6.07 Å². The summed E-state index contributed by atoms with van der Waals surface area (Å²) in [6.07, 6.45) is 1.47. The molecule has 5 nitrogen and oxygen atoms in total. The average Bonchev–Trinajstić information content (AvgIpc) is 2.59. The fourth-order valence-corrected chi connectivity index (χ4v) is 1.41. The Kier molecular flexibility index (Phi) is 1.68. The predicted molar refractivity (Wildman–Crippen MR) is 49.7 cm³/mol. The van der Waals surface area contributed by atoms with Crippen molar-refractivity contribution in [2.24, 2.45) is 0 Å². The summed E-state index contributed by atoms with van der Waals surface area (Å²) in [6.45, 7) is 0. The minimum atomic E-state index is -0.489. The second kappa shape index (κ2) is 2.85. The molecule has 0 unspecified atom stereocenters. The van der Waals surface area contributed by atoms with Crippen LogP contribution in [0, 0.1) is 21.4 Å². The van der Waals surface area contributed by atoms with E-state index in [1.807, 2.05) is 6.07 Å². The second-order valence-electron chi connectivity index (χ2n) is 2.77. The molecular formula is C9H5N3O2. The summed E-state index contributed by atoms with van der Waals surface area (Å²) >= 11 is 0. The number of fused-ring (bicyclic) bond motifs is 1. The van der Waals surface area contributed by atoms with Crippen molar-refractivity contribution in [3.8, 4) is 6.07 Å². The number of H-pyrrole nitrogens is 1. The molecule has 0 aliphatic rings. The lowest BCUT2D eigenvalue weighted by molar-refractivity contribution is -0.383. The number of non-ortho nitro benzene ring substituents is 1. The molecule has 1 heterocycles. The molecule has 0 fully saturated rings. The molecule has 0 atom stereocenters. The number of aromatic nitrogens is 1. The first kappa shape index (κ1) is 8.26. The predicted octanol–water partition coefficient (Wildman–Crippen LogP) is 1.95. The molecule has 5 heteroatoms. The van der Waals surface area contributed by atoms with Gasteiger partial charge in [0.15, 0.2) is 0 Å². The summed E-state index contributed by atoms with van der Waals surface area (Å²) in [6, 6.07) is 6.57. The molecule has 0 radical (unpaired) electrons. The van der Waals surface area contributed by atoms with Crippen LogP contribution in [0.1, 0.15) is 5.56 Å². The number of nitrogens with zero attached hydrogens (tertiary/aromatic N) is 2. The molecule has 1 N–H and O–H groups in total. The van der Waals surface area contributed by atoms with Crippen molar-refractivity contribution >= 4 is 16.6 Å². The van der Waals surface area contributed by atoms with Crippen molar-refractivity contribution in [3.05, 3.63) is 40.1 Å². The highest BCUT2D eigenvalue weighted by Gasteiger charge is 2.15. The highest BCUT2D eigenvalue weighted by molar-refractivity contribution is 5.93. The molecule has 0 spiro atoms. The van der Waals surface area contributed by atoms with Gasteiger partial charge in [-0.05, 0) is 6.07 Å². The summed E-state index contributed by atoms with van der Waals surface area (Å²) in [5, 5.41) is 19.8. The van der Waals surface area contributed by atoms with E-state index >= 15 is 0 Å². The Morgan fingerprint density at radius 3 is 2.93 bits per heavy atom. The van der Waals surface area contributed by atoms with Crippen molar-refractivity contribution < 1.29 is 4.92 Å². The Labute approximate surface area is 78.7 Å². The zero-order valence-electron chi connectivity index (χ0n) is 7.02. The van der Waals surface area contributed by atoms with Gasteiger partial charge in [-0.1, -0.05) is 6.07 Å². The molecule has 14 heavy (non-hydrogen) atoms. The van der Waals surface area contributed by atoms with Gasteiger partial charge in [-0.25, -0.2) is 0 Å². The molecule has 2 rings (SSSR count). The fraction of sp³-hybridized carbons (Fsp3) is 0. The number of hydrogen-bond acceptors (Lipinski definition) is 3. The van der Waals surface area contributed by atoms with Crippen molar-refractivity contribution in [1.29, 1.82) is 5.26 Å². The zero-order chi connectivity index (χ0) is 10.1. The Hall–Kier alpha value is -2.35. The molecule has 0 aliphatic carbocycles. The molecule has 0 bridgehead atoms. The van der Waals surface area contributed by atoms with Crippen LogP contribution in [0.25, 0.3) is 10.9 Å². The number of benzene rings is 1. The third kappa shape index (κ3) is 1.02. The minimum Gasteiger partial charge on any atom is -0.360 e. The number of hydrogen-bond donors (Lipinski definition) is 1. The summed E-state index contributed by atoms with van der Waals surface area (Å²) in [7, 11) is 0. The Morgan fingerprint density at radius 1 is 1.50 bits per heavy atom. The maximum Gasteiger partial charge on any atom is 0.280 e. The lowest BCUT2D eigenvalue weighted by atomic mass is 10.1. The first-order valence-electron chi connectivity index (χ1n) is 3.88. The maximum atomic E-state index is 10.7. The van der Waals surface area contributed by atoms with Crippen LogP contribution in [0.4, 0.5) is 5.69 Å². The van der Waals surface area contributed by atoms with Crippen LogP contribution in [0.3, 0.4) is 0 Å². The van der Waals surface area contributed by atoms with Crippen molar-refractivity contribution in [2.45, 2.75) is 0 Å². The quantitative estimate of drug-likeness (QED) is 0.547. The molecule has 0 amide bonds. The topological polar surface area (TPSA) is 82.7 Å². The Bertz CT molecular complexity index is 551. The lowest BCUT2D eigenvalue weighted by Crippen LogP contribution is -1.88. The van der Waals surface area contributed by atoms with E-state index in [9.17, 15) is 10.1 Å². The fourth-order valence-electron chi connectivity index (χ4n) is 1.41. The van der Waals surface area contributed by atoms with E-state index in [4.69, 9.17) is 5.26 Å². The highest BCUT2D eigenvalue weighted by atomic mass is 16.6. The van der Waals surface area contributed by atoms with Gasteiger partial charge in [-0.15, -0.1) is 0 Å². The van der Waals surface area contributed by atoms with Gasteiger partial charge < -0.3 is 4.98 Å². The molecular weight excluding hydrogens is 182 g/mol.